The molecule has 1 aromatic heterocycles. The Labute approximate surface area is 96.7 Å². The zero-order chi connectivity index (χ0) is 12.3. The first-order valence-electron chi connectivity index (χ1n) is 4.88. The van der Waals surface area contributed by atoms with Gasteiger partial charge in [-0.1, -0.05) is 12.1 Å². The van der Waals surface area contributed by atoms with Gasteiger partial charge in [-0.25, -0.2) is 9.97 Å². The predicted octanol–water partition coefficient (Wildman–Crippen LogP) is 1.54. The maximum Gasteiger partial charge on any atom is 0.270 e. The van der Waals surface area contributed by atoms with Crippen LogP contribution >= 0.6 is 0 Å². The second kappa shape index (κ2) is 4.67. The molecule has 0 spiro atoms. The van der Waals surface area contributed by atoms with Gasteiger partial charge in [-0.3, -0.25) is 10.1 Å². The molecule has 2 aromatic rings. The number of nitro groups is 1. The van der Waals surface area contributed by atoms with Crippen LogP contribution in [-0.2, 0) is 6.61 Å². The molecule has 1 N–H and O–H groups in total. The predicted molar refractivity (Wildman–Crippen MR) is 60.0 cm³/mol. The Balaban J connectivity index is 2.45. The largest absolute Gasteiger partial charge is 0.390 e. The van der Waals surface area contributed by atoms with Gasteiger partial charge < -0.3 is 5.11 Å². The van der Waals surface area contributed by atoms with Crippen LogP contribution in [0, 0.1) is 10.1 Å². The van der Waals surface area contributed by atoms with E-state index in [0.29, 0.717) is 17.1 Å². The van der Waals surface area contributed by atoms with Crippen molar-refractivity contribution < 1.29 is 10.0 Å². The molecule has 17 heavy (non-hydrogen) atoms. The van der Waals surface area contributed by atoms with Gasteiger partial charge in [-0.2, -0.15) is 0 Å². The normalized spacial score (nSPS) is 10.2. The van der Waals surface area contributed by atoms with Crippen molar-refractivity contribution in [3.05, 3.63) is 52.3 Å². The van der Waals surface area contributed by atoms with Crippen LogP contribution in [0.1, 0.15) is 5.69 Å². The summed E-state index contributed by atoms with van der Waals surface area (Å²) in [7, 11) is 0. The van der Waals surface area contributed by atoms with Crippen LogP contribution in [0.4, 0.5) is 5.69 Å². The molecule has 0 fully saturated rings. The maximum atomic E-state index is 10.6. The second-order valence-electron chi connectivity index (χ2n) is 3.34. The highest BCUT2D eigenvalue weighted by molar-refractivity contribution is 5.58. The summed E-state index contributed by atoms with van der Waals surface area (Å²) in [5, 5.41) is 19.6. The van der Waals surface area contributed by atoms with Gasteiger partial charge in [-0.15, -0.1) is 0 Å². The molecular formula is C11H9N3O3. The van der Waals surface area contributed by atoms with E-state index in [0.717, 1.165) is 0 Å². The van der Waals surface area contributed by atoms with Crippen LogP contribution in [0.25, 0.3) is 11.4 Å². The molecule has 2 rings (SSSR count). The molecule has 0 aliphatic heterocycles. The van der Waals surface area contributed by atoms with E-state index in [1.54, 1.807) is 18.2 Å². The van der Waals surface area contributed by atoms with Crippen molar-refractivity contribution in [1.29, 1.82) is 0 Å². The third-order valence-corrected chi connectivity index (χ3v) is 2.19. The van der Waals surface area contributed by atoms with Crippen molar-refractivity contribution in [3.63, 3.8) is 0 Å². The van der Waals surface area contributed by atoms with E-state index < -0.39 is 4.92 Å². The summed E-state index contributed by atoms with van der Waals surface area (Å²) in [4.78, 5) is 18.3. The average Bonchev–Trinajstić information content (AvgIpc) is 2.39. The SMILES string of the molecule is O=[N+]([O-])c1cccc(-c2nccc(CO)n2)c1. The highest BCUT2D eigenvalue weighted by Gasteiger charge is 2.09. The van der Waals surface area contributed by atoms with Gasteiger partial charge in [0.05, 0.1) is 17.2 Å². The molecule has 0 bridgehead atoms. The Bertz CT molecular complexity index is 557. The number of aliphatic hydroxyl groups excluding tert-OH is 1. The highest BCUT2D eigenvalue weighted by atomic mass is 16.6. The van der Waals surface area contributed by atoms with Crippen LogP contribution in [0.5, 0.6) is 0 Å². The molecule has 6 heteroatoms. The zero-order valence-corrected chi connectivity index (χ0v) is 8.78. The lowest BCUT2D eigenvalue weighted by Crippen LogP contribution is -1.95. The van der Waals surface area contributed by atoms with E-state index in [1.807, 2.05) is 0 Å². The first kappa shape index (κ1) is 11.2. The molecule has 0 aliphatic carbocycles. The third-order valence-electron chi connectivity index (χ3n) is 2.19. The van der Waals surface area contributed by atoms with Gasteiger partial charge in [0, 0.05) is 23.9 Å². The number of aliphatic hydroxyl groups is 1. The first-order valence-corrected chi connectivity index (χ1v) is 4.88. The Morgan fingerprint density at radius 3 is 2.88 bits per heavy atom. The summed E-state index contributed by atoms with van der Waals surface area (Å²) in [6.45, 7) is -0.190. The molecule has 0 saturated carbocycles. The monoisotopic (exact) mass is 231 g/mol. The van der Waals surface area contributed by atoms with Crippen LogP contribution in [0.3, 0.4) is 0 Å². The lowest BCUT2D eigenvalue weighted by Gasteiger charge is -2.01. The van der Waals surface area contributed by atoms with Crippen molar-refractivity contribution in [2.75, 3.05) is 0 Å². The molecular weight excluding hydrogens is 222 g/mol. The first-order chi connectivity index (χ1) is 8.20. The van der Waals surface area contributed by atoms with E-state index in [4.69, 9.17) is 5.11 Å². The number of benzene rings is 1. The minimum Gasteiger partial charge on any atom is -0.390 e. The van der Waals surface area contributed by atoms with Crippen molar-refractivity contribution >= 4 is 5.69 Å². The molecule has 0 amide bonds. The molecule has 1 aromatic carbocycles. The van der Waals surface area contributed by atoms with Crippen molar-refractivity contribution in [2.45, 2.75) is 6.61 Å². The molecule has 0 saturated heterocycles. The average molecular weight is 231 g/mol. The summed E-state index contributed by atoms with van der Waals surface area (Å²) < 4.78 is 0. The fraction of sp³-hybridized carbons (Fsp3) is 0.0909. The van der Waals surface area contributed by atoms with Crippen LogP contribution in [-0.4, -0.2) is 20.0 Å². The van der Waals surface area contributed by atoms with Gasteiger partial charge in [0.1, 0.15) is 0 Å². The van der Waals surface area contributed by atoms with Gasteiger partial charge in [0.25, 0.3) is 5.69 Å². The minimum atomic E-state index is -0.473. The van der Waals surface area contributed by atoms with Crippen LogP contribution < -0.4 is 0 Å². The number of non-ortho nitro benzene ring substituents is 1. The van der Waals surface area contributed by atoms with E-state index in [9.17, 15) is 10.1 Å². The van der Waals surface area contributed by atoms with Crippen LogP contribution in [0.15, 0.2) is 36.5 Å². The number of aromatic nitrogens is 2. The summed E-state index contributed by atoms with van der Waals surface area (Å²) in [5.41, 5.74) is 1.01. The fourth-order valence-corrected chi connectivity index (χ4v) is 1.38. The Kier molecular flexibility index (Phi) is 3.06. The molecule has 0 radical (unpaired) electrons. The van der Waals surface area contributed by atoms with E-state index >= 15 is 0 Å². The highest BCUT2D eigenvalue weighted by Crippen LogP contribution is 2.20. The van der Waals surface area contributed by atoms with E-state index in [2.05, 4.69) is 9.97 Å². The van der Waals surface area contributed by atoms with E-state index in [1.165, 1.54) is 18.3 Å². The molecule has 86 valence electrons. The van der Waals surface area contributed by atoms with E-state index in [-0.39, 0.29) is 12.3 Å². The van der Waals surface area contributed by atoms with Crippen LogP contribution in [0.2, 0.25) is 0 Å². The molecule has 0 unspecified atom stereocenters. The Morgan fingerprint density at radius 2 is 2.18 bits per heavy atom. The second-order valence-corrected chi connectivity index (χ2v) is 3.34. The summed E-state index contributed by atoms with van der Waals surface area (Å²) >= 11 is 0. The Hall–Kier alpha value is -2.34. The number of rotatable bonds is 3. The van der Waals surface area contributed by atoms with Crippen molar-refractivity contribution in [3.8, 4) is 11.4 Å². The molecule has 0 aliphatic rings. The maximum absolute atomic E-state index is 10.6. The van der Waals surface area contributed by atoms with Crippen molar-refractivity contribution in [1.82, 2.24) is 9.97 Å². The third kappa shape index (κ3) is 2.43. The Morgan fingerprint density at radius 1 is 1.35 bits per heavy atom. The number of nitro benzene ring substituents is 1. The number of hydrogen-bond donors (Lipinski definition) is 1. The minimum absolute atomic E-state index is 0.0134. The topological polar surface area (TPSA) is 89.2 Å². The molecule has 1 heterocycles. The zero-order valence-electron chi connectivity index (χ0n) is 8.78. The summed E-state index contributed by atoms with van der Waals surface area (Å²) in [6, 6.07) is 7.64. The molecule has 0 atom stereocenters. The van der Waals surface area contributed by atoms with Crippen molar-refractivity contribution in [2.24, 2.45) is 0 Å². The lowest BCUT2D eigenvalue weighted by atomic mass is 10.2. The quantitative estimate of drug-likeness (QED) is 0.639. The standard InChI is InChI=1S/C11H9N3O3/c15-7-9-4-5-12-11(13-9)8-2-1-3-10(6-8)14(16)17/h1-6,15H,7H2. The van der Waals surface area contributed by atoms with Gasteiger partial charge >= 0.3 is 0 Å². The number of hydrogen-bond acceptors (Lipinski definition) is 5. The van der Waals surface area contributed by atoms with Gasteiger partial charge in [-0.05, 0) is 6.07 Å². The smallest absolute Gasteiger partial charge is 0.270 e. The molecule has 6 nitrogen and oxygen atoms in total. The van der Waals surface area contributed by atoms with Gasteiger partial charge in [0.2, 0.25) is 0 Å². The van der Waals surface area contributed by atoms with Gasteiger partial charge in [0.15, 0.2) is 5.82 Å². The fourth-order valence-electron chi connectivity index (χ4n) is 1.38. The summed E-state index contributed by atoms with van der Waals surface area (Å²) in [6.07, 6.45) is 1.51. The number of nitrogens with zero attached hydrogens (tertiary/aromatic N) is 3. The lowest BCUT2D eigenvalue weighted by molar-refractivity contribution is -0.384. The summed E-state index contributed by atoms with van der Waals surface area (Å²) in [5.74, 6) is 0.361.